The second-order valence-electron chi connectivity index (χ2n) is 4.92. The molecule has 0 heterocycles. The van der Waals surface area contributed by atoms with Gasteiger partial charge in [-0.3, -0.25) is 4.79 Å². The van der Waals surface area contributed by atoms with Crippen molar-refractivity contribution in [1.82, 2.24) is 5.32 Å². The molecular formula is C14H17ClFNO2. The molecule has 104 valence electrons. The zero-order chi connectivity index (χ0) is 13.9. The molecule has 0 aliphatic heterocycles. The lowest BCUT2D eigenvalue weighted by molar-refractivity contribution is 0.0909. The van der Waals surface area contributed by atoms with Gasteiger partial charge >= 0.3 is 0 Å². The van der Waals surface area contributed by atoms with E-state index in [4.69, 9.17) is 16.3 Å². The van der Waals surface area contributed by atoms with Crippen LogP contribution in [0, 0.1) is 5.82 Å². The molecule has 0 unspecified atom stereocenters. The van der Waals surface area contributed by atoms with Crippen molar-refractivity contribution in [2.75, 3.05) is 13.0 Å². The van der Waals surface area contributed by atoms with Gasteiger partial charge in [0, 0.05) is 11.4 Å². The summed E-state index contributed by atoms with van der Waals surface area (Å²) in [7, 11) is 1.39. The third kappa shape index (κ3) is 3.00. The van der Waals surface area contributed by atoms with Crippen LogP contribution in [0.15, 0.2) is 18.2 Å². The van der Waals surface area contributed by atoms with Crippen molar-refractivity contribution >= 4 is 17.5 Å². The van der Waals surface area contributed by atoms with E-state index in [-0.39, 0.29) is 22.8 Å². The summed E-state index contributed by atoms with van der Waals surface area (Å²) in [5, 5.41) is 2.94. The van der Waals surface area contributed by atoms with Gasteiger partial charge in [-0.1, -0.05) is 12.8 Å². The molecule has 0 spiro atoms. The summed E-state index contributed by atoms with van der Waals surface area (Å²) < 4.78 is 18.4. The molecule has 0 saturated heterocycles. The number of amides is 1. The molecule has 1 aliphatic carbocycles. The molecule has 2 rings (SSSR count). The summed E-state index contributed by atoms with van der Waals surface area (Å²) >= 11 is 5.97. The Kier molecular flexibility index (Phi) is 4.30. The van der Waals surface area contributed by atoms with Crippen molar-refractivity contribution in [3.63, 3.8) is 0 Å². The molecule has 1 aromatic rings. The van der Waals surface area contributed by atoms with Gasteiger partial charge in [0.2, 0.25) is 0 Å². The quantitative estimate of drug-likeness (QED) is 0.863. The average Bonchev–Trinajstić information content (AvgIpc) is 2.87. The van der Waals surface area contributed by atoms with Crippen LogP contribution in [0.2, 0.25) is 0 Å². The van der Waals surface area contributed by atoms with E-state index in [1.807, 2.05) is 0 Å². The fourth-order valence-corrected chi connectivity index (χ4v) is 2.80. The molecule has 0 bridgehead atoms. The summed E-state index contributed by atoms with van der Waals surface area (Å²) in [6, 6.07) is 4.19. The van der Waals surface area contributed by atoms with E-state index >= 15 is 0 Å². The number of nitrogens with one attached hydrogen (secondary N) is 1. The lowest BCUT2D eigenvalue weighted by atomic mass is 9.99. The van der Waals surface area contributed by atoms with E-state index in [1.54, 1.807) is 6.07 Å². The number of rotatable bonds is 4. The van der Waals surface area contributed by atoms with Crippen LogP contribution in [0.25, 0.3) is 0 Å². The lowest BCUT2D eigenvalue weighted by Gasteiger charge is -2.27. The molecule has 19 heavy (non-hydrogen) atoms. The topological polar surface area (TPSA) is 38.3 Å². The smallest absolute Gasteiger partial charge is 0.251 e. The maximum Gasteiger partial charge on any atom is 0.251 e. The zero-order valence-electron chi connectivity index (χ0n) is 10.8. The summed E-state index contributed by atoms with van der Waals surface area (Å²) in [6.07, 6.45) is 3.87. The number of hydrogen-bond acceptors (Lipinski definition) is 2. The summed E-state index contributed by atoms with van der Waals surface area (Å²) in [4.78, 5) is 12.1. The first-order chi connectivity index (χ1) is 9.10. The first kappa shape index (κ1) is 14.1. The first-order valence-electron chi connectivity index (χ1n) is 6.32. The third-order valence-corrected chi connectivity index (χ3v) is 4.12. The molecule has 1 aliphatic rings. The highest BCUT2D eigenvalue weighted by Crippen LogP contribution is 2.31. The van der Waals surface area contributed by atoms with Crippen LogP contribution in [-0.4, -0.2) is 24.4 Å². The number of ether oxygens (including phenoxy) is 1. The molecule has 3 nitrogen and oxygen atoms in total. The van der Waals surface area contributed by atoms with Crippen LogP contribution >= 0.6 is 11.6 Å². The highest BCUT2D eigenvalue weighted by molar-refractivity contribution is 6.19. The van der Waals surface area contributed by atoms with E-state index in [0.29, 0.717) is 5.88 Å². The van der Waals surface area contributed by atoms with Crippen molar-refractivity contribution in [2.24, 2.45) is 0 Å². The zero-order valence-corrected chi connectivity index (χ0v) is 11.6. The number of hydrogen-bond donors (Lipinski definition) is 1. The maximum absolute atomic E-state index is 13.6. The van der Waals surface area contributed by atoms with Crippen LogP contribution in [0.5, 0.6) is 5.75 Å². The van der Waals surface area contributed by atoms with Gasteiger partial charge in [0.15, 0.2) is 11.6 Å². The summed E-state index contributed by atoms with van der Waals surface area (Å²) in [5.41, 5.74) is -0.0515. The van der Waals surface area contributed by atoms with Gasteiger partial charge in [0.1, 0.15) is 0 Å². The van der Waals surface area contributed by atoms with Crippen LogP contribution < -0.4 is 10.1 Å². The van der Waals surface area contributed by atoms with Crippen molar-refractivity contribution in [2.45, 2.75) is 31.2 Å². The van der Waals surface area contributed by atoms with Gasteiger partial charge < -0.3 is 10.1 Å². The molecule has 1 fully saturated rings. The standard InChI is InChI=1S/C14H17ClFNO2/c1-19-12-5-4-10(8-11(12)16)13(18)17-14(9-15)6-2-3-7-14/h4-5,8H,2-3,6-7,9H2,1H3,(H,17,18). The van der Waals surface area contributed by atoms with Crippen molar-refractivity contribution in [3.05, 3.63) is 29.6 Å². The Morgan fingerprint density at radius 1 is 1.47 bits per heavy atom. The highest BCUT2D eigenvalue weighted by Gasteiger charge is 2.34. The molecule has 0 radical (unpaired) electrons. The predicted molar refractivity (Wildman–Crippen MR) is 72.3 cm³/mol. The largest absolute Gasteiger partial charge is 0.494 e. The van der Waals surface area contributed by atoms with E-state index in [2.05, 4.69) is 5.32 Å². The lowest BCUT2D eigenvalue weighted by Crippen LogP contribution is -2.47. The number of carbonyl (C=O) groups excluding carboxylic acids is 1. The number of halogens is 2. The Hall–Kier alpha value is -1.29. The van der Waals surface area contributed by atoms with Crippen LogP contribution in [0.3, 0.4) is 0 Å². The van der Waals surface area contributed by atoms with E-state index < -0.39 is 5.82 Å². The van der Waals surface area contributed by atoms with Crippen molar-refractivity contribution in [3.8, 4) is 5.75 Å². The molecule has 1 aromatic carbocycles. The van der Waals surface area contributed by atoms with Crippen LogP contribution in [-0.2, 0) is 0 Å². The van der Waals surface area contributed by atoms with Gasteiger partial charge in [0.05, 0.1) is 12.6 Å². The average molecular weight is 286 g/mol. The Bertz CT molecular complexity index is 473. The number of benzene rings is 1. The van der Waals surface area contributed by atoms with Gasteiger partial charge in [-0.25, -0.2) is 4.39 Å². The minimum absolute atomic E-state index is 0.129. The van der Waals surface area contributed by atoms with Crippen molar-refractivity contribution in [1.29, 1.82) is 0 Å². The molecule has 0 aromatic heterocycles. The Balaban J connectivity index is 2.13. The normalized spacial score (nSPS) is 17.2. The number of alkyl halides is 1. The highest BCUT2D eigenvalue weighted by atomic mass is 35.5. The minimum Gasteiger partial charge on any atom is -0.494 e. The fraction of sp³-hybridized carbons (Fsp3) is 0.500. The number of carbonyl (C=O) groups is 1. The second-order valence-corrected chi connectivity index (χ2v) is 5.19. The monoisotopic (exact) mass is 285 g/mol. The molecule has 1 saturated carbocycles. The van der Waals surface area contributed by atoms with Crippen LogP contribution in [0.4, 0.5) is 4.39 Å². The van der Waals surface area contributed by atoms with Gasteiger partial charge in [-0.15, -0.1) is 11.6 Å². The summed E-state index contributed by atoms with van der Waals surface area (Å²) in [6.45, 7) is 0. The molecular weight excluding hydrogens is 269 g/mol. The fourth-order valence-electron chi connectivity index (χ4n) is 2.46. The van der Waals surface area contributed by atoms with Gasteiger partial charge in [0.25, 0.3) is 5.91 Å². The van der Waals surface area contributed by atoms with Gasteiger partial charge in [-0.2, -0.15) is 0 Å². The first-order valence-corrected chi connectivity index (χ1v) is 6.86. The molecule has 0 atom stereocenters. The Labute approximate surface area is 117 Å². The Morgan fingerprint density at radius 2 is 2.16 bits per heavy atom. The predicted octanol–water partition coefficient (Wildman–Crippen LogP) is 3.12. The van der Waals surface area contributed by atoms with Gasteiger partial charge in [-0.05, 0) is 31.0 Å². The molecule has 5 heteroatoms. The van der Waals surface area contributed by atoms with E-state index in [0.717, 1.165) is 25.7 Å². The third-order valence-electron chi connectivity index (χ3n) is 3.61. The number of methoxy groups -OCH3 is 1. The maximum atomic E-state index is 13.6. The van der Waals surface area contributed by atoms with E-state index in [9.17, 15) is 9.18 Å². The molecule has 1 N–H and O–H groups in total. The van der Waals surface area contributed by atoms with Crippen molar-refractivity contribution < 1.29 is 13.9 Å². The molecule has 1 amide bonds. The SMILES string of the molecule is COc1ccc(C(=O)NC2(CCl)CCCC2)cc1F. The second kappa shape index (κ2) is 5.78. The Morgan fingerprint density at radius 3 is 2.68 bits per heavy atom. The van der Waals surface area contributed by atoms with Crippen LogP contribution in [0.1, 0.15) is 36.0 Å². The minimum atomic E-state index is -0.540. The summed E-state index contributed by atoms with van der Waals surface area (Å²) in [5.74, 6) is -0.313. The van der Waals surface area contributed by atoms with E-state index in [1.165, 1.54) is 19.2 Å².